The summed E-state index contributed by atoms with van der Waals surface area (Å²) in [5, 5.41) is 10.1. The van der Waals surface area contributed by atoms with Crippen LogP contribution in [0.5, 0.6) is 0 Å². The Morgan fingerprint density at radius 1 is 0.370 bits per heavy atom. The summed E-state index contributed by atoms with van der Waals surface area (Å²) in [6, 6.07) is 49.5. The summed E-state index contributed by atoms with van der Waals surface area (Å²) in [4.78, 5) is 15.4. The van der Waals surface area contributed by atoms with Crippen LogP contribution in [-0.4, -0.2) is 15.0 Å². The molecule has 214 valence electrons. The van der Waals surface area contributed by atoms with E-state index in [2.05, 4.69) is 121 Å². The molecule has 0 aliphatic rings. The van der Waals surface area contributed by atoms with E-state index in [4.69, 9.17) is 15.0 Å². The van der Waals surface area contributed by atoms with E-state index in [1.54, 1.807) is 0 Å². The van der Waals surface area contributed by atoms with Gasteiger partial charge >= 0.3 is 0 Å². The van der Waals surface area contributed by atoms with E-state index < -0.39 is 0 Å². The third-order valence-electron chi connectivity index (χ3n) is 8.92. The normalized spacial score (nSPS) is 11.9. The monoisotopic (exact) mass is 621 g/mol. The van der Waals surface area contributed by atoms with Gasteiger partial charge in [0.2, 0.25) is 0 Å². The smallest absolute Gasteiger partial charge is 0.164 e. The number of fused-ring (bicyclic) bond motifs is 10. The minimum atomic E-state index is 0.671. The van der Waals surface area contributed by atoms with Crippen molar-refractivity contribution in [3.05, 3.63) is 140 Å². The van der Waals surface area contributed by atoms with E-state index >= 15 is 0 Å². The number of aromatic nitrogens is 3. The maximum atomic E-state index is 5.20. The second-order valence-electron chi connectivity index (χ2n) is 11.6. The van der Waals surface area contributed by atoms with E-state index in [1.807, 2.05) is 40.9 Å². The molecular formula is C41H23N3S2. The lowest BCUT2D eigenvalue weighted by atomic mass is 9.98. The van der Waals surface area contributed by atoms with Crippen molar-refractivity contribution in [2.24, 2.45) is 0 Å². The van der Waals surface area contributed by atoms with Gasteiger partial charge in [-0.3, -0.25) is 0 Å². The SMILES string of the molecule is c1ccc(-c2nc(-c3ccc4c(c3)sc3ccccc34)nc(-c3cccc4sc5c(ccc6ccc7ccccc7c65)c34)n2)cc1. The molecule has 0 atom stereocenters. The van der Waals surface area contributed by atoms with Crippen molar-refractivity contribution < 1.29 is 0 Å². The molecule has 0 unspecified atom stereocenters. The van der Waals surface area contributed by atoms with Gasteiger partial charge in [0.05, 0.1) is 0 Å². The van der Waals surface area contributed by atoms with Crippen LogP contribution in [0.4, 0.5) is 0 Å². The molecule has 7 aromatic carbocycles. The van der Waals surface area contributed by atoms with Gasteiger partial charge in [-0.25, -0.2) is 15.0 Å². The third-order valence-corrected chi connectivity index (χ3v) is 11.2. The maximum absolute atomic E-state index is 5.20. The molecule has 0 fully saturated rings. The molecule has 0 radical (unpaired) electrons. The van der Waals surface area contributed by atoms with Crippen LogP contribution < -0.4 is 0 Å². The van der Waals surface area contributed by atoms with Crippen LogP contribution >= 0.6 is 22.7 Å². The van der Waals surface area contributed by atoms with Gasteiger partial charge in [-0.1, -0.05) is 121 Å². The summed E-state index contributed by atoms with van der Waals surface area (Å²) in [5.74, 6) is 2.03. The van der Waals surface area contributed by atoms with Crippen molar-refractivity contribution in [1.29, 1.82) is 0 Å². The number of thiophene rings is 2. The number of nitrogens with zero attached hydrogens (tertiary/aromatic N) is 3. The van der Waals surface area contributed by atoms with Crippen LogP contribution in [0.25, 0.3) is 96.1 Å². The largest absolute Gasteiger partial charge is 0.208 e. The number of hydrogen-bond acceptors (Lipinski definition) is 5. The highest BCUT2D eigenvalue weighted by molar-refractivity contribution is 7.27. The summed E-state index contributed by atoms with van der Waals surface area (Å²) in [7, 11) is 0. The molecule has 0 bridgehead atoms. The molecule has 0 amide bonds. The summed E-state index contributed by atoms with van der Waals surface area (Å²) >= 11 is 3.66. The first-order chi connectivity index (χ1) is 22.8. The van der Waals surface area contributed by atoms with Gasteiger partial charge in [0.15, 0.2) is 17.5 Å². The summed E-state index contributed by atoms with van der Waals surface area (Å²) < 4.78 is 5.03. The molecule has 46 heavy (non-hydrogen) atoms. The predicted molar refractivity (Wildman–Crippen MR) is 197 cm³/mol. The highest BCUT2D eigenvalue weighted by atomic mass is 32.1. The Bertz CT molecular complexity index is 2810. The van der Waals surface area contributed by atoms with Crippen LogP contribution in [0.3, 0.4) is 0 Å². The Morgan fingerprint density at radius 3 is 1.96 bits per heavy atom. The Morgan fingerprint density at radius 2 is 1.04 bits per heavy atom. The first-order valence-corrected chi connectivity index (χ1v) is 16.9. The summed E-state index contributed by atoms with van der Waals surface area (Å²) in [5.41, 5.74) is 2.97. The van der Waals surface area contributed by atoms with Crippen LogP contribution in [0, 0.1) is 0 Å². The Kier molecular flexibility index (Phi) is 5.61. The minimum absolute atomic E-state index is 0.671. The molecular weight excluding hydrogens is 599 g/mol. The lowest BCUT2D eigenvalue weighted by molar-refractivity contribution is 1.08. The predicted octanol–water partition coefficient (Wildman–Crippen LogP) is 11.9. The first-order valence-electron chi connectivity index (χ1n) is 15.3. The third kappa shape index (κ3) is 3.92. The Hall–Kier alpha value is -5.49. The van der Waals surface area contributed by atoms with E-state index in [1.165, 1.54) is 61.9 Å². The van der Waals surface area contributed by atoms with Gasteiger partial charge in [-0.2, -0.15) is 0 Å². The quantitative estimate of drug-likeness (QED) is 0.184. The number of hydrogen-bond donors (Lipinski definition) is 0. The van der Waals surface area contributed by atoms with Crippen LogP contribution in [0.15, 0.2) is 140 Å². The van der Waals surface area contributed by atoms with E-state index in [0.29, 0.717) is 17.5 Å². The zero-order valence-corrected chi connectivity index (χ0v) is 26.1. The van der Waals surface area contributed by atoms with Gasteiger partial charge < -0.3 is 0 Å². The van der Waals surface area contributed by atoms with E-state index in [0.717, 1.165) is 16.7 Å². The van der Waals surface area contributed by atoms with Crippen molar-refractivity contribution in [1.82, 2.24) is 15.0 Å². The first kappa shape index (κ1) is 25.8. The molecule has 10 aromatic rings. The van der Waals surface area contributed by atoms with Crippen molar-refractivity contribution in [3.63, 3.8) is 0 Å². The van der Waals surface area contributed by atoms with Gasteiger partial charge in [0.1, 0.15) is 0 Å². The topological polar surface area (TPSA) is 38.7 Å². The van der Waals surface area contributed by atoms with Crippen LogP contribution in [0.1, 0.15) is 0 Å². The van der Waals surface area contributed by atoms with Crippen molar-refractivity contribution in [3.8, 4) is 34.2 Å². The Labute approximate surface area is 272 Å². The Balaban J connectivity index is 1.24. The summed E-state index contributed by atoms with van der Waals surface area (Å²) in [6.07, 6.45) is 0. The van der Waals surface area contributed by atoms with Gasteiger partial charge in [-0.05, 0) is 34.4 Å². The fourth-order valence-electron chi connectivity index (χ4n) is 6.76. The molecule has 0 N–H and O–H groups in total. The molecule has 0 spiro atoms. The number of benzene rings is 7. The fourth-order valence-corrected chi connectivity index (χ4v) is 9.21. The lowest BCUT2D eigenvalue weighted by Gasteiger charge is -2.10. The van der Waals surface area contributed by atoms with Gasteiger partial charge in [0.25, 0.3) is 0 Å². The maximum Gasteiger partial charge on any atom is 0.164 e. The number of rotatable bonds is 3. The minimum Gasteiger partial charge on any atom is -0.208 e. The second kappa shape index (κ2) is 10.0. The fraction of sp³-hybridized carbons (Fsp3) is 0. The highest BCUT2D eigenvalue weighted by Gasteiger charge is 2.19. The van der Waals surface area contributed by atoms with Crippen molar-refractivity contribution in [2.45, 2.75) is 0 Å². The molecule has 0 saturated carbocycles. The molecule has 3 aromatic heterocycles. The second-order valence-corrected chi connectivity index (χ2v) is 13.7. The summed E-state index contributed by atoms with van der Waals surface area (Å²) in [6.45, 7) is 0. The van der Waals surface area contributed by atoms with Crippen LogP contribution in [-0.2, 0) is 0 Å². The molecule has 3 nitrogen and oxygen atoms in total. The average molecular weight is 622 g/mol. The average Bonchev–Trinajstić information content (AvgIpc) is 3.70. The van der Waals surface area contributed by atoms with Gasteiger partial charge in [0, 0.05) is 62.4 Å². The van der Waals surface area contributed by atoms with Crippen molar-refractivity contribution >= 4 is 84.6 Å². The standard InChI is InChI=1S/C41H23N3S2/c1-2-10-26(11-3-1)39-42-40(27-20-21-30-29-13-6-7-15-33(29)45-35(30)23-27)44-41(43-39)32-14-8-16-34-37(32)31-22-19-25-18-17-24-9-4-5-12-28(24)36(25)38(31)46-34/h1-23H. The molecule has 5 heteroatoms. The zero-order chi connectivity index (χ0) is 30.2. The van der Waals surface area contributed by atoms with Crippen LogP contribution in [0.2, 0.25) is 0 Å². The molecule has 10 rings (SSSR count). The molecule has 0 aliphatic heterocycles. The lowest BCUT2D eigenvalue weighted by Crippen LogP contribution is -2.00. The zero-order valence-electron chi connectivity index (χ0n) is 24.4. The molecule has 0 saturated heterocycles. The molecule has 3 heterocycles. The van der Waals surface area contributed by atoms with Gasteiger partial charge in [-0.15, -0.1) is 22.7 Å². The van der Waals surface area contributed by atoms with E-state index in [9.17, 15) is 0 Å². The van der Waals surface area contributed by atoms with E-state index in [-0.39, 0.29) is 0 Å². The van der Waals surface area contributed by atoms with Crippen molar-refractivity contribution in [2.75, 3.05) is 0 Å². The molecule has 0 aliphatic carbocycles. The highest BCUT2D eigenvalue weighted by Crippen LogP contribution is 2.44.